The molecule has 0 radical (unpaired) electrons. The van der Waals surface area contributed by atoms with Gasteiger partial charge in [-0.05, 0) is 43.2 Å². The van der Waals surface area contributed by atoms with Gasteiger partial charge in [-0.1, -0.05) is 17.3 Å². The zero-order chi connectivity index (χ0) is 18.8. The second kappa shape index (κ2) is 7.31. The molecule has 0 spiro atoms. The number of para-hydroxylation sites is 1. The lowest BCUT2D eigenvalue weighted by Crippen LogP contribution is -2.38. The van der Waals surface area contributed by atoms with E-state index in [2.05, 4.69) is 5.16 Å². The second-order valence-electron chi connectivity index (χ2n) is 6.70. The lowest BCUT2D eigenvalue weighted by molar-refractivity contribution is 0.0711. The van der Waals surface area contributed by atoms with Crippen LogP contribution in [-0.4, -0.2) is 43.3 Å². The number of amides is 1. The molecule has 1 aliphatic rings. The van der Waals surface area contributed by atoms with Crippen molar-refractivity contribution < 1.29 is 18.8 Å². The summed E-state index contributed by atoms with van der Waals surface area (Å²) in [5, 5.41) is 5.35. The number of fused-ring (bicyclic) bond motifs is 1. The van der Waals surface area contributed by atoms with Crippen LogP contribution in [0.1, 0.15) is 34.8 Å². The molecule has 6 heteroatoms. The predicted molar refractivity (Wildman–Crippen MR) is 101 cm³/mol. The summed E-state index contributed by atoms with van der Waals surface area (Å²) >= 11 is 0. The summed E-state index contributed by atoms with van der Waals surface area (Å²) in [5.41, 5.74) is 2.43. The van der Waals surface area contributed by atoms with Gasteiger partial charge in [0.05, 0.1) is 19.9 Å². The molecule has 0 aliphatic carbocycles. The summed E-state index contributed by atoms with van der Waals surface area (Å²) in [6.45, 7) is 1.39. The van der Waals surface area contributed by atoms with Crippen LogP contribution < -0.4 is 9.47 Å². The zero-order valence-corrected chi connectivity index (χ0v) is 15.5. The van der Waals surface area contributed by atoms with E-state index >= 15 is 0 Å². The minimum absolute atomic E-state index is 0.0133. The Labute approximate surface area is 157 Å². The van der Waals surface area contributed by atoms with Crippen LogP contribution >= 0.6 is 0 Å². The van der Waals surface area contributed by atoms with Crippen molar-refractivity contribution in [1.29, 1.82) is 0 Å². The van der Waals surface area contributed by atoms with Crippen LogP contribution in [0.2, 0.25) is 0 Å². The molecule has 140 valence electrons. The third kappa shape index (κ3) is 3.23. The molecule has 0 unspecified atom stereocenters. The SMILES string of the molecule is COc1ccc(C(=O)N2CCC(c3noc4ccccc34)CC2)cc1OC. The highest BCUT2D eigenvalue weighted by atomic mass is 16.5. The van der Waals surface area contributed by atoms with Crippen LogP contribution in [0.25, 0.3) is 11.0 Å². The number of carbonyl (C=O) groups excluding carboxylic acids is 1. The Kier molecular flexibility index (Phi) is 4.71. The number of piperidine rings is 1. The highest BCUT2D eigenvalue weighted by molar-refractivity contribution is 5.95. The Bertz CT molecular complexity index is 958. The lowest BCUT2D eigenvalue weighted by Gasteiger charge is -2.31. The first-order valence-electron chi connectivity index (χ1n) is 9.07. The molecule has 0 atom stereocenters. The molecule has 2 heterocycles. The molecule has 0 N–H and O–H groups in total. The van der Waals surface area contributed by atoms with Crippen molar-refractivity contribution in [3.63, 3.8) is 0 Å². The summed E-state index contributed by atoms with van der Waals surface area (Å²) in [4.78, 5) is 14.8. The smallest absolute Gasteiger partial charge is 0.253 e. The third-order valence-corrected chi connectivity index (χ3v) is 5.20. The van der Waals surface area contributed by atoms with E-state index in [-0.39, 0.29) is 5.91 Å². The van der Waals surface area contributed by atoms with Crippen molar-refractivity contribution >= 4 is 16.9 Å². The van der Waals surface area contributed by atoms with Gasteiger partial charge in [-0.25, -0.2) is 0 Å². The van der Waals surface area contributed by atoms with Gasteiger partial charge in [0.1, 0.15) is 0 Å². The van der Waals surface area contributed by atoms with Crippen LogP contribution in [0.5, 0.6) is 11.5 Å². The monoisotopic (exact) mass is 366 g/mol. The number of aromatic nitrogens is 1. The van der Waals surface area contributed by atoms with Gasteiger partial charge in [0.2, 0.25) is 0 Å². The van der Waals surface area contributed by atoms with Crippen molar-refractivity contribution in [3.05, 3.63) is 53.7 Å². The highest BCUT2D eigenvalue weighted by Gasteiger charge is 2.28. The van der Waals surface area contributed by atoms with Crippen LogP contribution in [-0.2, 0) is 0 Å². The molecule has 1 saturated heterocycles. The van der Waals surface area contributed by atoms with Gasteiger partial charge in [-0.2, -0.15) is 0 Å². The largest absolute Gasteiger partial charge is 0.493 e. The van der Waals surface area contributed by atoms with Crippen LogP contribution in [0.4, 0.5) is 0 Å². The van der Waals surface area contributed by atoms with Crippen molar-refractivity contribution in [1.82, 2.24) is 10.1 Å². The Morgan fingerprint density at radius 2 is 1.81 bits per heavy atom. The number of likely N-dealkylation sites (tertiary alicyclic amines) is 1. The van der Waals surface area contributed by atoms with E-state index in [0.717, 1.165) is 29.5 Å². The van der Waals surface area contributed by atoms with E-state index < -0.39 is 0 Å². The number of carbonyl (C=O) groups is 1. The summed E-state index contributed by atoms with van der Waals surface area (Å²) in [7, 11) is 3.15. The summed E-state index contributed by atoms with van der Waals surface area (Å²) in [5.74, 6) is 1.50. The number of nitrogens with zero attached hydrogens (tertiary/aromatic N) is 2. The van der Waals surface area contributed by atoms with Crippen molar-refractivity contribution in [3.8, 4) is 11.5 Å². The molecule has 4 rings (SSSR count). The van der Waals surface area contributed by atoms with Gasteiger partial charge >= 0.3 is 0 Å². The van der Waals surface area contributed by atoms with E-state index in [1.807, 2.05) is 29.2 Å². The first-order valence-corrected chi connectivity index (χ1v) is 9.07. The fourth-order valence-corrected chi connectivity index (χ4v) is 3.71. The Balaban J connectivity index is 1.47. The van der Waals surface area contributed by atoms with Crippen LogP contribution in [0.15, 0.2) is 47.0 Å². The molecular weight excluding hydrogens is 344 g/mol. The van der Waals surface area contributed by atoms with Crippen LogP contribution in [0, 0.1) is 0 Å². The van der Waals surface area contributed by atoms with Crippen molar-refractivity contribution in [2.75, 3.05) is 27.3 Å². The van der Waals surface area contributed by atoms with Gasteiger partial charge in [0.25, 0.3) is 5.91 Å². The number of ether oxygens (including phenoxy) is 2. The molecule has 1 aromatic heterocycles. The second-order valence-corrected chi connectivity index (χ2v) is 6.70. The first-order chi connectivity index (χ1) is 13.2. The fraction of sp³-hybridized carbons (Fsp3) is 0.333. The summed E-state index contributed by atoms with van der Waals surface area (Å²) < 4.78 is 16.0. The quantitative estimate of drug-likeness (QED) is 0.701. The highest BCUT2D eigenvalue weighted by Crippen LogP contribution is 2.33. The number of methoxy groups -OCH3 is 2. The van der Waals surface area contributed by atoms with Crippen LogP contribution in [0.3, 0.4) is 0 Å². The predicted octanol–water partition coefficient (Wildman–Crippen LogP) is 3.86. The number of rotatable bonds is 4. The molecule has 2 aromatic carbocycles. The average molecular weight is 366 g/mol. The van der Waals surface area contributed by atoms with E-state index in [0.29, 0.717) is 36.1 Å². The van der Waals surface area contributed by atoms with E-state index in [9.17, 15) is 4.79 Å². The van der Waals surface area contributed by atoms with Gasteiger partial charge in [-0.15, -0.1) is 0 Å². The maximum Gasteiger partial charge on any atom is 0.253 e. The standard InChI is InChI=1S/C21H22N2O4/c1-25-18-8-7-15(13-19(18)26-2)21(24)23-11-9-14(10-12-23)20-16-5-3-4-6-17(16)27-22-20/h3-8,13-14H,9-12H2,1-2H3. The number of benzene rings is 2. The Morgan fingerprint density at radius 3 is 2.56 bits per heavy atom. The minimum Gasteiger partial charge on any atom is -0.493 e. The Morgan fingerprint density at radius 1 is 1.07 bits per heavy atom. The maximum atomic E-state index is 12.9. The Hall–Kier alpha value is -3.02. The summed E-state index contributed by atoms with van der Waals surface area (Å²) in [6, 6.07) is 13.2. The summed E-state index contributed by atoms with van der Waals surface area (Å²) in [6.07, 6.45) is 1.74. The molecule has 0 saturated carbocycles. The first kappa shape index (κ1) is 17.4. The molecule has 0 bridgehead atoms. The molecule has 1 aliphatic heterocycles. The zero-order valence-electron chi connectivity index (χ0n) is 15.5. The average Bonchev–Trinajstić information content (AvgIpc) is 3.17. The van der Waals surface area contributed by atoms with E-state index in [1.54, 1.807) is 32.4 Å². The van der Waals surface area contributed by atoms with E-state index in [1.165, 1.54) is 0 Å². The maximum absolute atomic E-state index is 12.9. The normalized spacial score (nSPS) is 15.1. The minimum atomic E-state index is 0.0133. The topological polar surface area (TPSA) is 64.8 Å². The molecule has 3 aromatic rings. The third-order valence-electron chi connectivity index (χ3n) is 5.20. The van der Waals surface area contributed by atoms with E-state index in [4.69, 9.17) is 14.0 Å². The molecule has 27 heavy (non-hydrogen) atoms. The van der Waals surface area contributed by atoms with Crippen molar-refractivity contribution in [2.24, 2.45) is 0 Å². The fourth-order valence-electron chi connectivity index (χ4n) is 3.71. The van der Waals surface area contributed by atoms with Gasteiger partial charge < -0.3 is 18.9 Å². The lowest BCUT2D eigenvalue weighted by atomic mass is 9.91. The number of hydrogen-bond donors (Lipinski definition) is 0. The molecule has 6 nitrogen and oxygen atoms in total. The van der Waals surface area contributed by atoms with Gasteiger partial charge in [-0.3, -0.25) is 4.79 Å². The molecular formula is C21H22N2O4. The molecule has 1 amide bonds. The van der Waals surface area contributed by atoms with Gasteiger partial charge in [0, 0.05) is 30.0 Å². The molecule has 1 fully saturated rings. The van der Waals surface area contributed by atoms with Crippen molar-refractivity contribution in [2.45, 2.75) is 18.8 Å². The van der Waals surface area contributed by atoms with Gasteiger partial charge in [0.15, 0.2) is 17.1 Å². The number of hydrogen-bond acceptors (Lipinski definition) is 5.